The van der Waals surface area contributed by atoms with E-state index in [1.165, 1.54) is 10.5 Å². The minimum atomic E-state index is -0.611. The maximum Gasteiger partial charge on any atom is 0.424 e. The molecule has 4 aromatic rings. The molecular weight excluding hydrogens is 498 g/mol. The number of rotatable bonds is 8. The molecule has 0 fully saturated rings. The molecule has 0 aliphatic carbocycles. The Bertz CT molecular complexity index is 1400. The summed E-state index contributed by atoms with van der Waals surface area (Å²) < 4.78 is 12.0. The Morgan fingerprint density at radius 3 is 1.88 bits per heavy atom. The van der Waals surface area contributed by atoms with Crippen molar-refractivity contribution in [3.05, 3.63) is 119 Å². The minimum Gasteiger partial charge on any atom is -0.419 e. The van der Waals surface area contributed by atoms with Gasteiger partial charge in [0.2, 0.25) is 0 Å². The molecule has 0 heterocycles. The van der Waals surface area contributed by atoms with Crippen molar-refractivity contribution in [3.8, 4) is 11.5 Å². The van der Waals surface area contributed by atoms with Crippen molar-refractivity contribution in [1.29, 1.82) is 0 Å². The average molecular weight is 536 g/mol. The minimum absolute atomic E-state index is 0.194. The fraction of sp³-hybridized carbons (Fsp3) is 0.257. The predicted molar refractivity (Wildman–Crippen MR) is 161 cm³/mol. The molecule has 5 heteroatoms. The van der Waals surface area contributed by atoms with Crippen molar-refractivity contribution in [2.75, 3.05) is 4.90 Å². The van der Waals surface area contributed by atoms with Crippen LogP contribution in [0, 0.1) is 6.92 Å². The smallest absolute Gasteiger partial charge is 0.419 e. The van der Waals surface area contributed by atoms with E-state index >= 15 is 0 Å². The molecule has 0 aliphatic heterocycles. The lowest BCUT2D eigenvalue weighted by Gasteiger charge is -2.25. The number of nitrogens with zero attached hydrogens (tertiary/aromatic N) is 1. The zero-order valence-electron chi connectivity index (χ0n) is 23.9. The molecule has 0 aromatic heterocycles. The van der Waals surface area contributed by atoms with Crippen molar-refractivity contribution in [2.45, 2.75) is 59.3 Å². The Morgan fingerprint density at radius 2 is 1.35 bits per heavy atom. The molecule has 5 nitrogen and oxygen atoms in total. The number of anilines is 2. The highest BCUT2D eigenvalue weighted by Crippen LogP contribution is 2.38. The topological polar surface area (TPSA) is 55.8 Å². The number of carbonyl (C=O) groups is 2. The van der Waals surface area contributed by atoms with Crippen LogP contribution in [0.25, 0.3) is 0 Å². The van der Waals surface area contributed by atoms with Crippen LogP contribution in [0.1, 0.15) is 67.6 Å². The standard InChI is InChI=1S/C35H37NO4/c1-6-7-14-26-19-21-27(22-20-26)33(37)40-32-25(2)23-28(35(3,4)5)24-31(32)39-34(38)36(29-15-10-8-11-16-29)30-17-12-9-13-18-30/h8-13,15-24H,6-7,14H2,1-5H3. The lowest BCUT2D eigenvalue weighted by atomic mass is 9.86. The van der Waals surface area contributed by atoms with Gasteiger partial charge in [-0.25, -0.2) is 14.5 Å². The maximum absolute atomic E-state index is 13.8. The van der Waals surface area contributed by atoms with Crippen LogP contribution >= 0.6 is 0 Å². The van der Waals surface area contributed by atoms with Crippen LogP contribution in [-0.2, 0) is 11.8 Å². The molecule has 0 saturated heterocycles. The van der Waals surface area contributed by atoms with Gasteiger partial charge >= 0.3 is 12.1 Å². The van der Waals surface area contributed by atoms with E-state index in [0.717, 1.165) is 24.8 Å². The van der Waals surface area contributed by atoms with Gasteiger partial charge in [0, 0.05) is 0 Å². The molecule has 40 heavy (non-hydrogen) atoms. The summed E-state index contributed by atoms with van der Waals surface area (Å²) in [5.74, 6) is -0.0869. The van der Waals surface area contributed by atoms with Gasteiger partial charge in [0.25, 0.3) is 0 Å². The fourth-order valence-electron chi connectivity index (χ4n) is 4.37. The highest BCUT2D eigenvalue weighted by Gasteiger charge is 2.26. The highest BCUT2D eigenvalue weighted by molar-refractivity contribution is 5.97. The molecule has 0 aliphatic rings. The summed E-state index contributed by atoms with van der Waals surface area (Å²) in [6, 6.07) is 29.9. The SMILES string of the molecule is CCCCc1ccc(C(=O)Oc2c(C)cc(C(C)(C)C)cc2OC(=O)N(c2ccccc2)c2ccccc2)cc1. The van der Waals surface area contributed by atoms with Crippen LogP contribution in [0.5, 0.6) is 11.5 Å². The van der Waals surface area contributed by atoms with E-state index in [-0.39, 0.29) is 16.9 Å². The molecular formula is C35H37NO4. The van der Waals surface area contributed by atoms with Gasteiger partial charge in [0.05, 0.1) is 16.9 Å². The van der Waals surface area contributed by atoms with Crippen molar-refractivity contribution in [3.63, 3.8) is 0 Å². The molecule has 4 aromatic carbocycles. The summed E-state index contributed by atoms with van der Waals surface area (Å²) in [5.41, 5.74) is 4.37. The van der Waals surface area contributed by atoms with Gasteiger partial charge in [-0.1, -0.05) is 88.7 Å². The van der Waals surface area contributed by atoms with Crippen molar-refractivity contribution in [1.82, 2.24) is 0 Å². The zero-order chi connectivity index (χ0) is 28.7. The third kappa shape index (κ3) is 6.97. The largest absolute Gasteiger partial charge is 0.424 e. The molecule has 0 atom stereocenters. The first-order valence-corrected chi connectivity index (χ1v) is 13.8. The Labute approximate surface area is 237 Å². The average Bonchev–Trinajstić information content (AvgIpc) is 2.94. The van der Waals surface area contributed by atoms with E-state index in [2.05, 4.69) is 27.7 Å². The van der Waals surface area contributed by atoms with Crippen LogP contribution in [0.15, 0.2) is 97.1 Å². The third-order valence-electron chi connectivity index (χ3n) is 6.72. The third-order valence-corrected chi connectivity index (χ3v) is 6.72. The summed E-state index contributed by atoms with van der Waals surface area (Å²) in [6.07, 6.45) is 2.57. The summed E-state index contributed by atoms with van der Waals surface area (Å²) in [7, 11) is 0. The van der Waals surface area contributed by atoms with E-state index in [4.69, 9.17) is 9.47 Å². The summed E-state index contributed by atoms with van der Waals surface area (Å²) >= 11 is 0. The maximum atomic E-state index is 13.8. The Hall–Kier alpha value is -4.38. The molecule has 0 saturated carbocycles. The van der Waals surface area contributed by atoms with E-state index in [0.29, 0.717) is 22.5 Å². The number of hydrogen-bond donors (Lipinski definition) is 0. The molecule has 1 amide bonds. The molecule has 0 radical (unpaired) electrons. The summed E-state index contributed by atoms with van der Waals surface area (Å²) in [5, 5.41) is 0. The van der Waals surface area contributed by atoms with Crippen LogP contribution in [0.2, 0.25) is 0 Å². The Balaban J connectivity index is 1.69. The molecule has 0 unspecified atom stereocenters. The number of esters is 1. The van der Waals surface area contributed by atoms with Gasteiger partial charge in [-0.05, 0) is 84.3 Å². The van der Waals surface area contributed by atoms with Crippen LogP contribution in [-0.4, -0.2) is 12.1 Å². The monoisotopic (exact) mass is 535 g/mol. The van der Waals surface area contributed by atoms with Crippen molar-refractivity contribution in [2.24, 2.45) is 0 Å². The van der Waals surface area contributed by atoms with E-state index < -0.39 is 12.1 Å². The molecule has 0 spiro atoms. The Morgan fingerprint density at radius 1 is 0.775 bits per heavy atom. The zero-order valence-corrected chi connectivity index (χ0v) is 23.9. The number of amides is 1. The second kappa shape index (κ2) is 12.6. The van der Waals surface area contributed by atoms with E-state index in [1.807, 2.05) is 85.8 Å². The predicted octanol–water partition coefficient (Wildman–Crippen LogP) is 9.19. The van der Waals surface area contributed by atoms with Crippen molar-refractivity contribution >= 4 is 23.4 Å². The lowest BCUT2D eigenvalue weighted by Crippen LogP contribution is -2.29. The molecule has 0 bridgehead atoms. The van der Waals surface area contributed by atoms with Crippen LogP contribution in [0.4, 0.5) is 16.2 Å². The molecule has 4 rings (SSSR count). The van der Waals surface area contributed by atoms with Gasteiger partial charge < -0.3 is 9.47 Å². The quantitative estimate of drug-likeness (QED) is 0.167. The number of carbonyl (C=O) groups excluding carboxylic acids is 2. The number of ether oxygens (including phenoxy) is 2. The van der Waals surface area contributed by atoms with Gasteiger partial charge in [-0.15, -0.1) is 0 Å². The molecule has 206 valence electrons. The second-order valence-corrected chi connectivity index (χ2v) is 10.9. The number of benzene rings is 4. The first kappa shape index (κ1) is 28.6. The molecule has 0 N–H and O–H groups in total. The number of unbranched alkanes of at least 4 members (excludes halogenated alkanes) is 1. The van der Waals surface area contributed by atoms with Crippen LogP contribution < -0.4 is 14.4 Å². The second-order valence-electron chi connectivity index (χ2n) is 10.9. The fourth-order valence-corrected chi connectivity index (χ4v) is 4.37. The van der Waals surface area contributed by atoms with Gasteiger partial charge in [-0.2, -0.15) is 0 Å². The first-order chi connectivity index (χ1) is 19.2. The Kier molecular flexibility index (Phi) is 9.05. The van der Waals surface area contributed by atoms with Crippen LogP contribution in [0.3, 0.4) is 0 Å². The van der Waals surface area contributed by atoms with Crippen molar-refractivity contribution < 1.29 is 19.1 Å². The summed E-state index contributed by atoms with van der Waals surface area (Å²) in [4.78, 5) is 28.5. The van der Waals surface area contributed by atoms with Gasteiger partial charge in [0.15, 0.2) is 11.5 Å². The van der Waals surface area contributed by atoms with E-state index in [1.54, 1.807) is 18.2 Å². The highest BCUT2D eigenvalue weighted by atomic mass is 16.6. The first-order valence-electron chi connectivity index (χ1n) is 13.8. The summed E-state index contributed by atoms with van der Waals surface area (Å²) in [6.45, 7) is 10.3. The number of hydrogen-bond acceptors (Lipinski definition) is 4. The number of aryl methyl sites for hydroxylation is 2. The van der Waals surface area contributed by atoms with Gasteiger partial charge in [0.1, 0.15) is 0 Å². The normalized spacial score (nSPS) is 11.1. The van der Waals surface area contributed by atoms with Gasteiger partial charge in [-0.3, -0.25) is 0 Å². The lowest BCUT2D eigenvalue weighted by molar-refractivity contribution is 0.0728. The number of para-hydroxylation sites is 2. The van der Waals surface area contributed by atoms with E-state index in [9.17, 15) is 9.59 Å².